The SMILES string of the molecule is NNC(=O)c1nc(Cn2cc(Cl)cn2)cs1. The second kappa shape index (κ2) is 4.60. The number of carbonyl (C=O) groups excluding carboxylic acids is 1. The molecule has 0 aromatic carbocycles. The van der Waals surface area contributed by atoms with Gasteiger partial charge in [0.25, 0.3) is 5.91 Å². The highest BCUT2D eigenvalue weighted by molar-refractivity contribution is 7.11. The Balaban J connectivity index is 2.11. The van der Waals surface area contributed by atoms with Crippen molar-refractivity contribution < 1.29 is 4.79 Å². The molecule has 0 saturated heterocycles. The molecule has 16 heavy (non-hydrogen) atoms. The third-order valence-electron chi connectivity index (χ3n) is 1.80. The summed E-state index contributed by atoms with van der Waals surface area (Å²) in [4.78, 5) is 15.3. The fourth-order valence-corrected chi connectivity index (χ4v) is 2.00. The van der Waals surface area contributed by atoms with Gasteiger partial charge in [0, 0.05) is 11.6 Å². The van der Waals surface area contributed by atoms with Gasteiger partial charge in [0.1, 0.15) is 0 Å². The van der Waals surface area contributed by atoms with Gasteiger partial charge in [-0.3, -0.25) is 14.9 Å². The van der Waals surface area contributed by atoms with Crippen molar-refractivity contribution in [3.05, 3.63) is 33.5 Å². The molecule has 2 aromatic rings. The smallest absolute Gasteiger partial charge is 0.288 e. The zero-order valence-corrected chi connectivity index (χ0v) is 9.63. The summed E-state index contributed by atoms with van der Waals surface area (Å²) in [6, 6.07) is 0. The number of halogens is 1. The molecule has 0 saturated carbocycles. The standard InChI is InChI=1S/C8H8ClN5OS/c9-5-1-11-14(2-5)3-6-4-16-8(12-6)7(15)13-10/h1-2,4H,3,10H2,(H,13,15). The summed E-state index contributed by atoms with van der Waals surface area (Å²) >= 11 is 6.95. The minimum absolute atomic E-state index is 0.329. The Bertz CT molecular complexity index is 508. The molecule has 8 heteroatoms. The van der Waals surface area contributed by atoms with Gasteiger partial charge >= 0.3 is 0 Å². The predicted molar refractivity (Wildman–Crippen MR) is 60.1 cm³/mol. The van der Waals surface area contributed by atoms with Gasteiger partial charge in [-0.25, -0.2) is 10.8 Å². The van der Waals surface area contributed by atoms with Crippen LogP contribution >= 0.6 is 22.9 Å². The van der Waals surface area contributed by atoms with Gasteiger partial charge in [0.2, 0.25) is 0 Å². The number of hydrazine groups is 1. The number of nitrogen functional groups attached to an aromatic ring is 1. The second-order valence-corrected chi connectivity index (χ2v) is 4.27. The van der Waals surface area contributed by atoms with Gasteiger partial charge in [0.05, 0.1) is 23.5 Å². The molecule has 2 aromatic heterocycles. The normalized spacial score (nSPS) is 10.4. The minimum atomic E-state index is -0.394. The summed E-state index contributed by atoms with van der Waals surface area (Å²) < 4.78 is 1.64. The Morgan fingerprint density at radius 3 is 3.12 bits per heavy atom. The van der Waals surface area contributed by atoms with Crippen LogP contribution in [0.3, 0.4) is 0 Å². The Morgan fingerprint density at radius 1 is 1.69 bits per heavy atom. The summed E-state index contributed by atoms with van der Waals surface area (Å²) in [5.74, 6) is 4.61. The number of nitrogens with two attached hydrogens (primary N) is 1. The van der Waals surface area contributed by atoms with E-state index in [0.29, 0.717) is 16.6 Å². The molecular weight excluding hydrogens is 250 g/mol. The van der Waals surface area contributed by atoms with E-state index in [9.17, 15) is 4.79 Å². The summed E-state index contributed by atoms with van der Waals surface area (Å²) in [6.45, 7) is 0.473. The third kappa shape index (κ3) is 2.38. The van der Waals surface area contributed by atoms with E-state index in [0.717, 1.165) is 5.69 Å². The molecule has 6 nitrogen and oxygen atoms in total. The maximum Gasteiger partial charge on any atom is 0.294 e. The fourth-order valence-electron chi connectivity index (χ4n) is 1.14. The fraction of sp³-hybridized carbons (Fsp3) is 0.125. The number of thiazole rings is 1. The number of aromatic nitrogens is 3. The Kier molecular flexibility index (Phi) is 3.18. The average Bonchev–Trinajstić information content (AvgIpc) is 2.87. The van der Waals surface area contributed by atoms with Crippen molar-refractivity contribution in [3.63, 3.8) is 0 Å². The lowest BCUT2D eigenvalue weighted by molar-refractivity contribution is 0.0953. The Hall–Kier alpha value is -1.44. The van der Waals surface area contributed by atoms with Crippen LogP contribution in [0.25, 0.3) is 0 Å². The van der Waals surface area contributed by atoms with E-state index in [4.69, 9.17) is 17.4 Å². The number of nitrogens with one attached hydrogen (secondary N) is 1. The molecule has 0 bridgehead atoms. The first kappa shape index (κ1) is 11.1. The highest BCUT2D eigenvalue weighted by atomic mass is 35.5. The van der Waals surface area contributed by atoms with Crippen LogP contribution in [-0.4, -0.2) is 20.7 Å². The molecule has 84 valence electrons. The van der Waals surface area contributed by atoms with Gasteiger partial charge in [-0.1, -0.05) is 11.6 Å². The van der Waals surface area contributed by atoms with Crippen molar-refractivity contribution in [2.24, 2.45) is 5.84 Å². The van der Waals surface area contributed by atoms with Crippen molar-refractivity contribution in [2.75, 3.05) is 0 Å². The van der Waals surface area contributed by atoms with E-state index in [2.05, 4.69) is 10.1 Å². The van der Waals surface area contributed by atoms with Crippen molar-refractivity contribution in [2.45, 2.75) is 6.54 Å². The van der Waals surface area contributed by atoms with Crippen LogP contribution in [0.15, 0.2) is 17.8 Å². The number of rotatable bonds is 3. The molecule has 0 radical (unpaired) electrons. The molecule has 0 spiro atoms. The number of hydrogen-bond donors (Lipinski definition) is 2. The monoisotopic (exact) mass is 257 g/mol. The number of hydrogen-bond acceptors (Lipinski definition) is 5. The molecule has 0 aliphatic heterocycles. The average molecular weight is 258 g/mol. The number of amides is 1. The summed E-state index contributed by atoms with van der Waals surface area (Å²) in [5.41, 5.74) is 2.77. The van der Waals surface area contributed by atoms with Crippen LogP contribution in [-0.2, 0) is 6.54 Å². The van der Waals surface area contributed by atoms with Crippen LogP contribution < -0.4 is 11.3 Å². The Morgan fingerprint density at radius 2 is 2.50 bits per heavy atom. The summed E-state index contributed by atoms with van der Waals surface area (Å²) in [6.07, 6.45) is 3.23. The summed E-state index contributed by atoms with van der Waals surface area (Å²) in [7, 11) is 0. The number of nitrogens with zero attached hydrogens (tertiary/aromatic N) is 3. The van der Waals surface area contributed by atoms with Crippen molar-refractivity contribution in [1.82, 2.24) is 20.2 Å². The minimum Gasteiger partial charge on any atom is -0.288 e. The Labute approximate surface area is 100 Å². The van der Waals surface area contributed by atoms with Gasteiger partial charge in [-0.2, -0.15) is 5.10 Å². The molecule has 0 aliphatic carbocycles. The van der Waals surface area contributed by atoms with Crippen LogP contribution in [0, 0.1) is 0 Å². The molecule has 1 amide bonds. The predicted octanol–water partition coefficient (Wildman–Crippen LogP) is 0.645. The molecule has 0 atom stereocenters. The maximum absolute atomic E-state index is 11.2. The summed E-state index contributed by atoms with van der Waals surface area (Å²) in [5, 5.41) is 6.68. The number of carbonyl (C=O) groups is 1. The van der Waals surface area contributed by atoms with Crippen LogP contribution in [0.1, 0.15) is 15.5 Å². The van der Waals surface area contributed by atoms with Crippen LogP contribution in [0.5, 0.6) is 0 Å². The zero-order valence-electron chi connectivity index (χ0n) is 8.05. The largest absolute Gasteiger partial charge is 0.294 e. The van der Waals surface area contributed by atoms with E-state index >= 15 is 0 Å². The van der Waals surface area contributed by atoms with Crippen molar-refractivity contribution in [3.8, 4) is 0 Å². The molecule has 0 aliphatic rings. The van der Waals surface area contributed by atoms with E-state index < -0.39 is 5.91 Å². The van der Waals surface area contributed by atoms with Crippen molar-refractivity contribution in [1.29, 1.82) is 0 Å². The molecule has 2 rings (SSSR count). The van der Waals surface area contributed by atoms with Gasteiger partial charge in [-0.05, 0) is 0 Å². The van der Waals surface area contributed by atoms with Crippen molar-refractivity contribution >= 4 is 28.8 Å². The first-order chi connectivity index (χ1) is 7.69. The van der Waals surface area contributed by atoms with E-state index in [1.54, 1.807) is 22.5 Å². The molecule has 2 heterocycles. The molecule has 0 unspecified atom stereocenters. The zero-order chi connectivity index (χ0) is 11.5. The van der Waals surface area contributed by atoms with E-state index in [1.165, 1.54) is 11.3 Å². The third-order valence-corrected chi connectivity index (χ3v) is 2.89. The van der Waals surface area contributed by atoms with Crippen LogP contribution in [0.4, 0.5) is 0 Å². The van der Waals surface area contributed by atoms with E-state index in [-0.39, 0.29) is 0 Å². The first-order valence-electron chi connectivity index (χ1n) is 4.32. The molecule has 3 N–H and O–H groups in total. The first-order valence-corrected chi connectivity index (χ1v) is 5.58. The van der Waals surface area contributed by atoms with Crippen LogP contribution in [0.2, 0.25) is 5.02 Å². The second-order valence-electron chi connectivity index (χ2n) is 2.97. The lowest BCUT2D eigenvalue weighted by atomic mass is 10.5. The highest BCUT2D eigenvalue weighted by Gasteiger charge is 2.09. The quantitative estimate of drug-likeness (QED) is 0.480. The van der Waals surface area contributed by atoms with Gasteiger partial charge in [0.15, 0.2) is 5.01 Å². The molecular formula is C8H8ClN5OS. The topological polar surface area (TPSA) is 85.8 Å². The molecule has 0 fully saturated rings. The maximum atomic E-state index is 11.2. The lowest BCUT2D eigenvalue weighted by Gasteiger charge is -1.96. The van der Waals surface area contributed by atoms with Gasteiger partial charge in [-0.15, -0.1) is 11.3 Å². The highest BCUT2D eigenvalue weighted by Crippen LogP contribution is 2.12. The van der Waals surface area contributed by atoms with Gasteiger partial charge < -0.3 is 0 Å². The lowest BCUT2D eigenvalue weighted by Crippen LogP contribution is -2.29. The van der Waals surface area contributed by atoms with E-state index in [1.807, 2.05) is 5.43 Å².